The Hall–Kier alpha value is -1.04. The second kappa shape index (κ2) is 4.57. The van der Waals surface area contributed by atoms with E-state index in [4.69, 9.17) is 22.1 Å². The molecule has 0 aliphatic carbocycles. The van der Waals surface area contributed by atoms with Crippen LogP contribution in [0.4, 0.5) is 5.82 Å². The quantitative estimate of drug-likeness (QED) is 0.875. The maximum Gasteiger partial charge on any atom is 0.151 e. The molecule has 1 aromatic carbocycles. The molecule has 0 saturated heterocycles. The lowest BCUT2D eigenvalue weighted by Gasteiger charge is -2.15. The van der Waals surface area contributed by atoms with Gasteiger partial charge in [-0.1, -0.05) is 17.7 Å². The van der Waals surface area contributed by atoms with Gasteiger partial charge < -0.3 is 10.5 Å². The van der Waals surface area contributed by atoms with Gasteiger partial charge >= 0.3 is 0 Å². The number of nitrogens with two attached hydrogens (primary N) is 1. The van der Waals surface area contributed by atoms with E-state index in [1.54, 1.807) is 0 Å². The predicted octanol–water partition coefficient (Wildman–Crippen LogP) is 2.94. The number of nitrogens with zero attached hydrogens (tertiary/aromatic N) is 2. The molecule has 0 bridgehead atoms. The summed E-state index contributed by atoms with van der Waals surface area (Å²) >= 11 is 9.60. The Bertz CT molecular complexity index is 612. The SMILES string of the molecule is Nc1nn(-c2cccc(Cl)c2Br)c2c1COCC2. The van der Waals surface area contributed by atoms with Gasteiger partial charge in [-0.2, -0.15) is 5.10 Å². The lowest BCUT2D eigenvalue weighted by molar-refractivity contribution is 0.110. The Morgan fingerprint density at radius 3 is 3.11 bits per heavy atom. The molecule has 0 amide bonds. The maximum absolute atomic E-state index is 6.11. The van der Waals surface area contributed by atoms with Gasteiger partial charge in [0.2, 0.25) is 0 Å². The van der Waals surface area contributed by atoms with Crippen LogP contribution in [0, 0.1) is 0 Å². The first-order valence-electron chi connectivity index (χ1n) is 5.57. The summed E-state index contributed by atoms with van der Waals surface area (Å²) in [5.74, 6) is 0.525. The van der Waals surface area contributed by atoms with Gasteiger partial charge in [0.1, 0.15) is 0 Å². The van der Waals surface area contributed by atoms with Crippen LogP contribution >= 0.6 is 27.5 Å². The third-order valence-corrected chi connectivity index (χ3v) is 4.39. The monoisotopic (exact) mass is 327 g/mol. The summed E-state index contributed by atoms with van der Waals surface area (Å²) in [5, 5.41) is 5.05. The van der Waals surface area contributed by atoms with Crippen LogP contribution in [0.2, 0.25) is 5.02 Å². The number of ether oxygens (including phenoxy) is 1. The second-order valence-corrected chi connectivity index (χ2v) is 5.30. The van der Waals surface area contributed by atoms with Crippen molar-refractivity contribution in [2.75, 3.05) is 12.3 Å². The van der Waals surface area contributed by atoms with Gasteiger partial charge in [0.25, 0.3) is 0 Å². The smallest absolute Gasteiger partial charge is 0.151 e. The molecule has 1 aliphatic rings. The highest BCUT2D eigenvalue weighted by molar-refractivity contribution is 9.10. The fourth-order valence-electron chi connectivity index (χ4n) is 2.12. The molecule has 18 heavy (non-hydrogen) atoms. The van der Waals surface area contributed by atoms with Crippen molar-refractivity contribution in [3.63, 3.8) is 0 Å². The molecule has 3 rings (SSSR count). The van der Waals surface area contributed by atoms with Crippen molar-refractivity contribution in [3.05, 3.63) is 39.0 Å². The highest BCUT2D eigenvalue weighted by Crippen LogP contribution is 2.32. The third kappa shape index (κ3) is 1.83. The van der Waals surface area contributed by atoms with Crippen LogP contribution < -0.4 is 5.73 Å². The number of hydrogen-bond acceptors (Lipinski definition) is 3. The number of fused-ring (bicyclic) bond motifs is 1. The zero-order valence-corrected chi connectivity index (χ0v) is 11.8. The zero-order valence-electron chi connectivity index (χ0n) is 9.49. The lowest BCUT2D eigenvalue weighted by atomic mass is 10.1. The minimum Gasteiger partial charge on any atom is -0.382 e. The number of rotatable bonds is 1. The van der Waals surface area contributed by atoms with E-state index in [1.807, 2.05) is 22.9 Å². The summed E-state index contributed by atoms with van der Waals surface area (Å²) in [5.41, 5.74) is 8.91. The average molecular weight is 329 g/mol. The molecule has 2 aromatic rings. The molecule has 4 nitrogen and oxygen atoms in total. The van der Waals surface area contributed by atoms with Crippen molar-refractivity contribution in [1.29, 1.82) is 0 Å². The zero-order chi connectivity index (χ0) is 12.7. The standard InChI is InChI=1S/C12H11BrClN3O/c13-11-8(14)2-1-3-10(11)17-9-4-5-18-6-7(9)12(15)16-17/h1-3H,4-6H2,(H2,15,16). The molecule has 0 spiro atoms. The predicted molar refractivity (Wildman–Crippen MR) is 74.0 cm³/mol. The second-order valence-electron chi connectivity index (χ2n) is 4.10. The number of halogens is 2. The highest BCUT2D eigenvalue weighted by atomic mass is 79.9. The molecule has 2 N–H and O–H groups in total. The van der Waals surface area contributed by atoms with Gasteiger partial charge in [-0.15, -0.1) is 0 Å². The summed E-state index contributed by atoms with van der Waals surface area (Å²) < 4.78 is 8.08. The van der Waals surface area contributed by atoms with E-state index < -0.39 is 0 Å². The van der Waals surface area contributed by atoms with Crippen LogP contribution in [0.25, 0.3) is 5.69 Å². The minimum atomic E-state index is 0.525. The third-order valence-electron chi connectivity index (χ3n) is 3.01. The summed E-state index contributed by atoms with van der Waals surface area (Å²) in [4.78, 5) is 0. The molecule has 94 valence electrons. The Balaban J connectivity index is 2.20. The minimum absolute atomic E-state index is 0.525. The summed E-state index contributed by atoms with van der Waals surface area (Å²) in [6.45, 7) is 1.22. The fourth-order valence-corrected chi connectivity index (χ4v) is 2.72. The Morgan fingerprint density at radius 2 is 2.28 bits per heavy atom. The average Bonchev–Trinajstić information content (AvgIpc) is 2.71. The Kier molecular flexibility index (Phi) is 3.05. The topological polar surface area (TPSA) is 53.1 Å². The van der Waals surface area contributed by atoms with Crippen molar-refractivity contribution < 1.29 is 4.74 Å². The summed E-state index contributed by atoms with van der Waals surface area (Å²) in [6, 6.07) is 5.68. The molecular weight excluding hydrogens is 318 g/mol. The van der Waals surface area contributed by atoms with E-state index >= 15 is 0 Å². The van der Waals surface area contributed by atoms with E-state index in [0.29, 0.717) is 24.1 Å². The van der Waals surface area contributed by atoms with Crippen molar-refractivity contribution in [1.82, 2.24) is 9.78 Å². The molecule has 0 unspecified atom stereocenters. The van der Waals surface area contributed by atoms with E-state index in [9.17, 15) is 0 Å². The summed E-state index contributed by atoms with van der Waals surface area (Å²) in [7, 11) is 0. The van der Waals surface area contributed by atoms with E-state index in [1.165, 1.54) is 0 Å². The number of benzene rings is 1. The van der Waals surface area contributed by atoms with Crippen LogP contribution in [-0.4, -0.2) is 16.4 Å². The first-order valence-corrected chi connectivity index (χ1v) is 6.74. The first-order chi connectivity index (χ1) is 8.68. The normalized spacial score (nSPS) is 14.6. The number of anilines is 1. The Morgan fingerprint density at radius 1 is 1.44 bits per heavy atom. The first kappa shape index (κ1) is 12.0. The molecule has 1 aromatic heterocycles. The van der Waals surface area contributed by atoms with E-state index in [2.05, 4.69) is 21.0 Å². The molecular formula is C12H11BrClN3O. The largest absolute Gasteiger partial charge is 0.382 e. The lowest BCUT2D eigenvalue weighted by Crippen LogP contribution is -2.13. The number of hydrogen-bond donors (Lipinski definition) is 1. The Labute approximate surface area is 118 Å². The number of nitrogen functional groups attached to an aromatic ring is 1. The van der Waals surface area contributed by atoms with Crippen LogP contribution in [0.15, 0.2) is 22.7 Å². The summed E-state index contributed by atoms with van der Waals surface area (Å²) in [6.07, 6.45) is 0.804. The van der Waals surface area contributed by atoms with E-state index in [-0.39, 0.29) is 0 Å². The molecule has 2 heterocycles. The van der Waals surface area contributed by atoms with Crippen molar-refractivity contribution >= 4 is 33.3 Å². The molecule has 0 atom stereocenters. The highest BCUT2D eigenvalue weighted by Gasteiger charge is 2.21. The van der Waals surface area contributed by atoms with Crippen molar-refractivity contribution in [2.24, 2.45) is 0 Å². The van der Waals surface area contributed by atoms with Crippen LogP contribution in [0.5, 0.6) is 0 Å². The molecule has 1 aliphatic heterocycles. The molecule has 0 fully saturated rings. The van der Waals surface area contributed by atoms with E-state index in [0.717, 1.165) is 27.8 Å². The van der Waals surface area contributed by atoms with Gasteiger partial charge in [-0.3, -0.25) is 0 Å². The molecule has 0 radical (unpaired) electrons. The van der Waals surface area contributed by atoms with Crippen LogP contribution in [0.3, 0.4) is 0 Å². The van der Waals surface area contributed by atoms with Crippen LogP contribution in [-0.2, 0) is 17.8 Å². The van der Waals surface area contributed by atoms with Gasteiger partial charge in [-0.05, 0) is 28.1 Å². The van der Waals surface area contributed by atoms with Crippen LogP contribution in [0.1, 0.15) is 11.3 Å². The fraction of sp³-hybridized carbons (Fsp3) is 0.250. The van der Waals surface area contributed by atoms with Crippen molar-refractivity contribution in [2.45, 2.75) is 13.0 Å². The van der Waals surface area contributed by atoms with Crippen molar-refractivity contribution in [3.8, 4) is 5.69 Å². The molecule has 0 saturated carbocycles. The number of aromatic nitrogens is 2. The van der Waals surface area contributed by atoms with Gasteiger partial charge in [0.05, 0.1) is 34.1 Å². The van der Waals surface area contributed by atoms with Gasteiger partial charge in [-0.25, -0.2) is 4.68 Å². The maximum atomic E-state index is 6.11. The molecule has 6 heteroatoms. The van der Waals surface area contributed by atoms with Gasteiger partial charge in [0, 0.05) is 12.0 Å². The van der Waals surface area contributed by atoms with Gasteiger partial charge in [0.15, 0.2) is 5.82 Å².